The van der Waals surface area contributed by atoms with E-state index in [4.69, 9.17) is 0 Å². The molecule has 1 fully saturated rings. The van der Waals surface area contributed by atoms with Crippen molar-refractivity contribution in [2.75, 3.05) is 11.9 Å². The van der Waals surface area contributed by atoms with E-state index in [1.807, 2.05) is 0 Å². The number of nitrogens with one attached hydrogen (secondary N) is 2. The van der Waals surface area contributed by atoms with Crippen molar-refractivity contribution in [2.24, 2.45) is 0 Å². The van der Waals surface area contributed by atoms with E-state index >= 15 is 0 Å². The van der Waals surface area contributed by atoms with Crippen molar-refractivity contribution in [3.8, 4) is 0 Å². The highest BCUT2D eigenvalue weighted by Gasteiger charge is 2.24. The number of carbonyl (C=O) groups is 1. The molecule has 1 amide bonds. The minimum absolute atomic E-state index is 0. The van der Waals surface area contributed by atoms with Crippen molar-refractivity contribution in [3.63, 3.8) is 0 Å². The number of benzene rings is 1. The van der Waals surface area contributed by atoms with Gasteiger partial charge in [-0.15, -0.1) is 12.4 Å². The first kappa shape index (κ1) is 12.9. The second-order valence-electron chi connectivity index (χ2n) is 3.75. The number of hydrogen-bond acceptors (Lipinski definition) is 2. The van der Waals surface area contributed by atoms with Gasteiger partial charge in [-0.25, -0.2) is 4.39 Å². The molecule has 1 atom stereocenters. The lowest BCUT2D eigenvalue weighted by Crippen LogP contribution is -2.50. The lowest BCUT2D eigenvalue weighted by molar-refractivity contribution is -0.119. The molecule has 1 heterocycles. The standard InChI is InChI=1S/C11H13FN2O.ClH/c1-7-6-8(2-3-9(7)12)14-11(15)10-4-5-13-10;/h2-3,6,10,13H,4-5H2,1H3,(H,14,15);1H/t10-;/m1./s1. The van der Waals surface area contributed by atoms with E-state index in [9.17, 15) is 9.18 Å². The molecule has 1 aliphatic rings. The summed E-state index contributed by atoms with van der Waals surface area (Å²) in [7, 11) is 0. The van der Waals surface area contributed by atoms with Crippen molar-refractivity contribution in [1.82, 2.24) is 5.32 Å². The maximum absolute atomic E-state index is 12.9. The van der Waals surface area contributed by atoms with Crippen LogP contribution in [0.3, 0.4) is 0 Å². The highest BCUT2D eigenvalue weighted by atomic mass is 35.5. The van der Waals surface area contributed by atoms with Crippen LogP contribution in [-0.4, -0.2) is 18.5 Å². The molecule has 5 heteroatoms. The van der Waals surface area contributed by atoms with Crippen LogP contribution >= 0.6 is 12.4 Å². The van der Waals surface area contributed by atoms with E-state index in [2.05, 4.69) is 10.6 Å². The molecular weight excluding hydrogens is 231 g/mol. The minimum Gasteiger partial charge on any atom is -0.325 e. The normalized spacial score (nSPS) is 18.2. The third-order valence-electron chi connectivity index (χ3n) is 2.57. The Hall–Kier alpha value is -1.13. The third kappa shape index (κ3) is 2.71. The highest BCUT2D eigenvalue weighted by molar-refractivity contribution is 5.95. The zero-order valence-electron chi connectivity index (χ0n) is 8.92. The predicted molar refractivity (Wildman–Crippen MR) is 63.4 cm³/mol. The second-order valence-corrected chi connectivity index (χ2v) is 3.75. The number of carbonyl (C=O) groups excluding carboxylic acids is 1. The van der Waals surface area contributed by atoms with Crippen molar-refractivity contribution in [1.29, 1.82) is 0 Å². The Labute approximate surface area is 99.8 Å². The average molecular weight is 245 g/mol. The SMILES string of the molecule is Cc1cc(NC(=O)[C@H]2CCN2)ccc1F.Cl. The van der Waals surface area contributed by atoms with Gasteiger partial charge in [-0.2, -0.15) is 0 Å². The fraction of sp³-hybridized carbons (Fsp3) is 0.364. The molecule has 1 aliphatic heterocycles. The summed E-state index contributed by atoms with van der Waals surface area (Å²) in [6.07, 6.45) is 0.867. The molecule has 3 nitrogen and oxygen atoms in total. The Balaban J connectivity index is 0.00000128. The zero-order chi connectivity index (χ0) is 10.8. The number of hydrogen-bond donors (Lipinski definition) is 2. The maximum atomic E-state index is 12.9. The van der Waals surface area contributed by atoms with E-state index < -0.39 is 0 Å². The Morgan fingerprint density at radius 3 is 2.75 bits per heavy atom. The number of rotatable bonds is 2. The summed E-state index contributed by atoms with van der Waals surface area (Å²) >= 11 is 0. The van der Waals surface area contributed by atoms with Gasteiger partial charge < -0.3 is 10.6 Å². The second kappa shape index (κ2) is 5.27. The summed E-state index contributed by atoms with van der Waals surface area (Å²) in [6, 6.07) is 4.47. The van der Waals surface area contributed by atoms with Crippen LogP contribution < -0.4 is 10.6 Å². The van der Waals surface area contributed by atoms with Crippen molar-refractivity contribution in [2.45, 2.75) is 19.4 Å². The van der Waals surface area contributed by atoms with Crippen molar-refractivity contribution < 1.29 is 9.18 Å². The first-order chi connectivity index (χ1) is 7.16. The van der Waals surface area contributed by atoms with Crippen molar-refractivity contribution in [3.05, 3.63) is 29.6 Å². The molecule has 0 aromatic heterocycles. The van der Waals surface area contributed by atoms with Crippen LogP contribution in [-0.2, 0) is 4.79 Å². The largest absolute Gasteiger partial charge is 0.325 e. The summed E-state index contributed by atoms with van der Waals surface area (Å²) in [5.74, 6) is -0.304. The Morgan fingerprint density at radius 1 is 1.56 bits per heavy atom. The number of amides is 1. The number of aryl methyl sites for hydroxylation is 1. The smallest absolute Gasteiger partial charge is 0.241 e. The molecule has 0 aliphatic carbocycles. The van der Waals surface area contributed by atoms with Crippen molar-refractivity contribution >= 4 is 24.0 Å². The first-order valence-electron chi connectivity index (χ1n) is 4.97. The summed E-state index contributed by atoms with van der Waals surface area (Å²) in [4.78, 5) is 11.5. The topological polar surface area (TPSA) is 41.1 Å². The third-order valence-corrected chi connectivity index (χ3v) is 2.57. The van der Waals surface area contributed by atoms with Crippen LogP contribution in [0.1, 0.15) is 12.0 Å². The lowest BCUT2D eigenvalue weighted by atomic mass is 10.1. The zero-order valence-corrected chi connectivity index (χ0v) is 9.73. The Bertz CT molecular complexity index is 394. The van der Waals surface area contributed by atoms with Crippen LogP contribution in [0.25, 0.3) is 0 Å². The molecule has 0 saturated carbocycles. The molecule has 2 N–H and O–H groups in total. The minimum atomic E-state index is -0.255. The van der Waals surface area contributed by atoms with Gasteiger partial charge in [-0.1, -0.05) is 0 Å². The molecule has 16 heavy (non-hydrogen) atoms. The van der Waals surface area contributed by atoms with Crippen LogP contribution in [0.4, 0.5) is 10.1 Å². The molecule has 0 spiro atoms. The number of halogens is 2. The molecule has 0 bridgehead atoms. The van der Waals surface area contributed by atoms with Gasteiger partial charge >= 0.3 is 0 Å². The van der Waals surface area contributed by atoms with Crippen LogP contribution in [0.2, 0.25) is 0 Å². The quantitative estimate of drug-likeness (QED) is 0.834. The highest BCUT2D eigenvalue weighted by Crippen LogP contribution is 2.14. The Kier molecular flexibility index (Phi) is 4.26. The summed E-state index contributed by atoms with van der Waals surface area (Å²) in [6.45, 7) is 2.56. The van der Waals surface area contributed by atoms with Crippen LogP contribution in [0, 0.1) is 12.7 Å². The number of anilines is 1. The van der Waals surface area contributed by atoms with Gasteiger partial charge in [-0.05, 0) is 43.7 Å². The van der Waals surface area contributed by atoms with Gasteiger partial charge in [0, 0.05) is 5.69 Å². The van der Waals surface area contributed by atoms with Gasteiger partial charge in [-0.3, -0.25) is 4.79 Å². The van der Waals surface area contributed by atoms with Crippen LogP contribution in [0.5, 0.6) is 0 Å². The van der Waals surface area contributed by atoms with E-state index in [1.165, 1.54) is 6.07 Å². The average Bonchev–Trinajstić information content (AvgIpc) is 2.08. The summed E-state index contributed by atoms with van der Waals surface area (Å²) in [5, 5.41) is 5.75. The van der Waals surface area contributed by atoms with E-state index in [1.54, 1.807) is 19.1 Å². The molecule has 88 valence electrons. The van der Waals surface area contributed by atoms with Gasteiger partial charge in [0.1, 0.15) is 5.82 Å². The predicted octanol–water partition coefficient (Wildman–Crippen LogP) is 1.86. The maximum Gasteiger partial charge on any atom is 0.241 e. The molecule has 1 aromatic rings. The fourth-order valence-electron chi connectivity index (χ4n) is 1.46. The van der Waals surface area contributed by atoms with E-state index in [0.717, 1.165) is 13.0 Å². The first-order valence-corrected chi connectivity index (χ1v) is 4.97. The molecule has 1 saturated heterocycles. The summed E-state index contributed by atoms with van der Waals surface area (Å²) < 4.78 is 12.9. The van der Waals surface area contributed by atoms with Gasteiger partial charge in [0.2, 0.25) is 5.91 Å². The molecule has 0 unspecified atom stereocenters. The van der Waals surface area contributed by atoms with Gasteiger partial charge in [0.25, 0.3) is 0 Å². The lowest BCUT2D eigenvalue weighted by Gasteiger charge is -2.26. The van der Waals surface area contributed by atoms with Gasteiger partial charge in [0.05, 0.1) is 6.04 Å². The summed E-state index contributed by atoms with van der Waals surface area (Å²) in [5.41, 5.74) is 1.18. The fourth-order valence-corrected chi connectivity index (χ4v) is 1.46. The molecule has 2 rings (SSSR count). The molecule has 0 radical (unpaired) electrons. The Morgan fingerprint density at radius 2 is 2.25 bits per heavy atom. The monoisotopic (exact) mass is 244 g/mol. The van der Waals surface area contributed by atoms with Crippen LogP contribution in [0.15, 0.2) is 18.2 Å². The molecule has 1 aromatic carbocycles. The van der Waals surface area contributed by atoms with E-state index in [-0.39, 0.29) is 30.2 Å². The van der Waals surface area contributed by atoms with E-state index in [0.29, 0.717) is 11.3 Å². The van der Waals surface area contributed by atoms with Gasteiger partial charge in [0.15, 0.2) is 0 Å². The molecular formula is C11H14ClFN2O.